The highest BCUT2D eigenvalue weighted by atomic mass is 19.1. The number of rotatable bonds is 4. The molecule has 1 atom stereocenters. The van der Waals surface area contributed by atoms with E-state index in [-0.39, 0.29) is 17.1 Å². The molecule has 0 aromatic heterocycles. The maximum absolute atomic E-state index is 13.6. The summed E-state index contributed by atoms with van der Waals surface area (Å²) in [5.41, 5.74) is 0.569. The van der Waals surface area contributed by atoms with E-state index in [1.165, 1.54) is 13.0 Å². The molecule has 1 aromatic carbocycles. The van der Waals surface area contributed by atoms with Gasteiger partial charge < -0.3 is 5.11 Å². The van der Waals surface area contributed by atoms with Gasteiger partial charge in [0.25, 0.3) is 0 Å². The minimum absolute atomic E-state index is 0.0691. The van der Waals surface area contributed by atoms with Gasteiger partial charge in [-0.1, -0.05) is 13.8 Å². The molecule has 4 heteroatoms. The third kappa shape index (κ3) is 3.18. The number of phenolic OH excluding ortho intramolecular Hbond substituents is 1. The number of carbonyl (C=O) groups excluding carboxylic acids is 1. The van der Waals surface area contributed by atoms with E-state index in [0.29, 0.717) is 23.9 Å². The van der Waals surface area contributed by atoms with Crippen LogP contribution >= 0.6 is 0 Å². The molecule has 2 rings (SSSR count). The summed E-state index contributed by atoms with van der Waals surface area (Å²) in [6.07, 6.45) is 1.13. The highest BCUT2D eigenvalue weighted by molar-refractivity contribution is 5.97. The summed E-state index contributed by atoms with van der Waals surface area (Å²) in [6.45, 7) is 8.16. The molecule has 1 saturated heterocycles. The fourth-order valence-corrected chi connectivity index (χ4v) is 2.84. The highest BCUT2D eigenvalue weighted by Crippen LogP contribution is 2.29. The number of benzene rings is 1. The molecule has 1 aliphatic heterocycles. The van der Waals surface area contributed by atoms with Crippen LogP contribution < -0.4 is 0 Å². The normalized spacial score (nSPS) is 19.8. The summed E-state index contributed by atoms with van der Waals surface area (Å²) in [7, 11) is 0. The van der Waals surface area contributed by atoms with Crippen molar-refractivity contribution >= 4 is 5.78 Å². The summed E-state index contributed by atoms with van der Waals surface area (Å²) in [6, 6.07) is 2.42. The van der Waals surface area contributed by atoms with Gasteiger partial charge in [-0.2, -0.15) is 0 Å². The summed E-state index contributed by atoms with van der Waals surface area (Å²) in [4.78, 5) is 13.6. The first-order chi connectivity index (χ1) is 9.38. The van der Waals surface area contributed by atoms with Crippen LogP contribution in [0, 0.1) is 17.7 Å². The maximum atomic E-state index is 13.6. The Hall–Kier alpha value is -1.42. The van der Waals surface area contributed by atoms with Gasteiger partial charge in [-0.15, -0.1) is 0 Å². The van der Waals surface area contributed by atoms with E-state index in [1.54, 1.807) is 0 Å². The van der Waals surface area contributed by atoms with Crippen molar-refractivity contribution in [3.8, 4) is 5.75 Å². The van der Waals surface area contributed by atoms with Gasteiger partial charge in [-0.25, -0.2) is 4.39 Å². The van der Waals surface area contributed by atoms with E-state index < -0.39 is 5.82 Å². The van der Waals surface area contributed by atoms with Gasteiger partial charge in [0.15, 0.2) is 5.78 Å². The van der Waals surface area contributed by atoms with Crippen LogP contribution in [-0.2, 0) is 6.54 Å². The van der Waals surface area contributed by atoms with Crippen LogP contribution in [0.25, 0.3) is 0 Å². The van der Waals surface area contributed by atoms with Crippen LogP contribution in [0.5, 0.6) is 5.75 Å². The Kier molecular flexibility index (Phi) is 4.43. The molecule has 20 heavy (non-hydrogen) atoms. The maximum Gasteiger partial charge on any atom is 0.163 e. The van der Waals surface area contributed by atoms with Crippen LogP contribution in [0.3, 0.4) is 0 Å². The molecule has 1 aromatic rings. The second-order valence-corrected chi connectivity index (χ2v) is 6.05. The third-order valence-electron chi connectivity index (χ3n) is 4.18. The van der Waals surface area contributed by atoms with Crippen molar-refractivity contribution in [3.05, 3.63) is 29.1 Å². The molecule has 0 bridgehead atoms. The largest absolute Gasteiger partial charge is 0.507 e. The fourth-order valence-electron chi connectivity index (χ4n) is 2.84. The molecule has 0 spiro atoms. The standard InChI is InChI=1S/C16H22FNO2/c1-10(2)12-4-5-18(8-12)9-13-6-14(17)7-15(11(3)19)16(13)20/h6-7,10,12,20H,4-5,8-9H2,1-3H3. The first-order valence-electron chi connectivity index (χ1n) is 7.13. The number of phenols is 1. The summed E-state index contributed by atoms with van der Waals surface area (Å²) in [5.74, 6) is 0.422. The lowest BCUT2D eigenvalue weighted by atomic mass is 9.95. The van der Waals surface area contributed by atoms with Gasteiger partial charge in [0.2, 0.25) is 0 Å². The molecule has 3 nitrogen and oxygen atoms in total. The number of carbonyl (C=O) groups is 1. The van der Waals surface area contributed by atoms with E-state index in [9.17, 15) is 14.3 Å². The Morgan fingerprint density at radius 3 is 2.75 bits per heavy atom. The Balaban J connectivity index is 2.16. The molecule has 0 saturated carbocycles. The Morgan fingerprint density at radius 2 is 2.20 bits per heavy atom. The number of halogens is 1. The Morgan fingerprint density at radius 1 is 1.50 bits per heavy atom. The van der Waals surface area contributed by atoms with Crippen LogP contribution in [0.2, 0.25) is 0 Å². The molecule has 1 fully saturated rings. The monoisotopic (exact) mass is 279 g/mol. The van der Waals surface area contributed by atoms with Crippen molar-refractivity contribution in [3.63, 3.8) is 0 Å². The lowest BCUT2D eigenvalue weighted by Crippen LogP contribution is -2.21. The topological polar surface area (TPSA) is 40.5 Å². The predicted octanol–water partition coefficient (Wildman–Crippen LogP) is 3.21. The zero-order valence-electron chi connectivity index (χ0n) is 12.3. The fraction of sp³-hybridized carbons (Fsp3) is 0.562. The number of Topliss-reactive ketones (excluding diaryl/α,β-unsaturated/α-hetero) is 1. The second-order valence-electron chi connectivity index (χ2n) is 6.05. The van der Waals surface area contributed by atoms with Crippen molar-refractivity contribution in [2.75, 3.05) is 13.1 Å². The average molecular weight is 279 g/mol. The highest BCUT2D eigenvalue weighted by Gasteiger charge is 2.26. The molecule has 0 amide bonds. The lowest BCUT2D eigenvalue weighted by Gasteiger charge is -2.19. The predicted molar refractivity (Wildman–Crippen MR) is 76.3 cm³/mol. The minimum atomic E-state index is -0.470. The van der Waals surface area contributed by atoms with E-state index in [2.05, 4.69) is 18.7 Å². The molecule has 0 radical (unpaired) electrons. The molecular formula is C16H22FNO2. The smallest absolute Gasteiger partial charge is 0.163 e. The van der Waals surface area contributed by atoms with E-state index in [0.717, 1.165) is 25.6 Å². The van der Waals surface area contributed by atoms with Gasteiger partial charge in [-0.05, 0) is 43.9 Å². The van der Waals surface area contributed by atoms with Crippen LogP contribution in [0.4, 0.5) is 4.39 Å². The quantitative estimate of drug-likeness (QED) is 0.860. The van der Waals surface area contributed by atoms with E-state index >= 15 is 0 Å². The zero-order valence-corrected chi connectivity index (χ0v) is 12.3. The number of hydrogen-bond acceptors (Lipinski definition) is 3. The summed E-state index contributed by atoms with van der Waals surface area (Å²) < 4.78 is 13.6. The zero-order chi connectivity index (χ0) is 14.9. The van der Waals surface area contributed by atoms with Crippen molar-refractivity contribution in [2.45, 2.75) is 33.7 Å². The molecule has 1 N–H and O–H groups in total. The molecule has 0 aliphatic carbocycles. The van der Waals surface area contributed by atoms with Gasteiger partial charge in [0.1, 0.15) is 11.6 Å². The summed E-state index contributed by atoms with van der Waals surface area (Å²) >= 11 is 0. The summed E-state index contributed by atoms with van der Waals surface area (Å²) in [5, 5.41) is 10.1. The van der Waals surface area contributed by atoms with Crippen molar-refractivity contribution in [2.24, 2.45) is 11.8 Å². The molecule has 1 unspecified atom stereocenters. The Labute approximate surface area is 119 Å². The third-order valence-corrected chi connectivity index (χ3v) is 4.18. The van der Waals surface area contributed by atoms with E-state index in [1.807, 2.05) is 0 Å². The van der Waals surface area contributed by atoms with Crippen molar-refractivity contribution < 1.29 is 14.3 Å². The van der Waals surface area contributed by atoms with Crippen molar-refractivity contribution in [1.82, 2.24) is 4.90 Å². The first kappa shape index (κ1) is 15.0. The van der Waals surface area contributed by atoms with Crippen LogP contribution in [-0.4, -0.2) is 28.9 Å². The average Bonchev–Trinajstić information content (AvgIpc) is 2.81. The molecular weight excluding hydrogens is 257 g/mol. The van der Waals surface area contributed by atoms with Gasteiger partial charge in [0.05, 0.1) is 5.56 Å². The number of nitrogens with zero attached hydrogens (tertiary/aromatic N) is 1. The lowest BCUT2D eigenvalue weighted by molar-refractivity contribution is 0.101. The van der Waals surface area contributed by atoms with Crippen molar-refractivity contribution in [1.29, 1.82) is 0 Å². The minimum Gasteiger partial charge on any atom is -0.507 e. The second kappa shape index (κ2) is 5.92. The SMILES string of the molecule is CC(=O)c1cc(F)cc(CN2CCC(C(C)C)C2)c1O. The van der Waals surface area contributed by atoms with Gasteiger partial charge in [0, 0.05) is 18.7 Å². The Bertz CT molecular complexity index is 513. The number of ketones is 1. The first-order valence-corrected chi connectivity index (χ1v) is 7.13. The van der Waals surface area contributed by atoms with Crippen LogP contribution in [0.1, 0.15) is 43.1 Å². The number of likely N-dealkylation sites (tertiary alicyclic amines) is 1. The number of hydrogen-bond donors (Lipinski definition) is 1. The molecule has 1 aliphatic rings. The van der Waals surface area contributed by atoms with E-state index in [4.69, 9.17) is 0 Å². The van der Waals surface area contributed by atoms with Gasteiger partial charge >= 0.3 is 0 Å². The van der Waals surface area contributed by atoms with Gasteiger partial charge in [-0.3, -0.25) is 9.69 Å². The molecule has 110 valence electrons. The number of aromatic hydroxyl groups is 1. The van der Waals surface area contributed by atoms with Crippen LogP contribution in [0.15, 0.2) is 12.1 Å². The molecule has 1 heterocycles.